The molecule has 0 bridgehead atoms. The van der Waals surface area contributed by atoms with Gasteiger partial charge in [-0.25, -0.2) is 9.59 Å². The van der Waals surface area contributed by atoms with Gasteiger partial charge in [-0.2, -0.15) is 0 Å². The minimum atomic E-state index is -0.724. The van der Waals surface area contributed by atoms with Gasteiger partial charge in [0.05, 0.1) is 5.60 Å². The molecule has 178 valence electrons. The van der Waals surface area contributed by atoms with E-state index in [9.17, 15) is 14.7 Å². The maximum Gasteiger partial charge on any atom is 0.410 e. The highest BCUT2D eigenvalue weighted by molar-refractivity contribution is 5.68. The van der Waals surface area contributed by atoms with E-state index >= 15 is 0 Å². The Bertz CT molecular complexity index is 745. The molecule has 0 unspecified atom stereocenters. The number of hydrogen-bond donors (Lipinski definition) is 1. The van der Waals surface area contributed by atoms with Gasteiger partial charge in [0.2, 0.25) is 0 Å². The van der Waals surface area contributed by atoms with Gasteiger partial charge >= 0.3 is 12.2 Å². The van der Waals surface area contributed by atoms with Crippen LogP contribution in [0.5, 0.6) is 0 Å². The summed E-state index contributed by atoms with van der Waals surface area (Å²) in [6, 6.07) is 9.64. The Morgan fingerprint density at radius 3 is 2.19 bits per heavy atom. The molecule has 2 amide bonds. The molecule has 2 heterocycles. The number of rotatable bonds is 5. The van der Waals surface area contributed by atoms with Crippen molar-refractivity contribution in [3.8, 4) is 0 Å². The third-order valence-corrected chi connectivity index (χ3v) is 6.44. The Morgan fingerprint density at radius 1 is 1.00 bits per heavy atom. The third-order valence-electron chi connectivity index (χ3n) is 6.44. The summed E-state index contributed by atoms with van der Waals surface area (Å²) in [5, 5.41) is 11.0. The lowest BCUT2D eigenvalue weighted by atomic mass is 9.82. The number of aliphatic hydroxyl groups is 1. The quantitative estimate of drug-likeness (QED) is 0.716. The van der Waals surface area contributed by atoms with Crippen LogP contribution in [0.25, 0.3) is 0 Å². The average molecular weight is 447 g/mol. The van der Waals surface area contributed by atoms with Crippen LogP contribution in [-0.2, 0) is 16.1 Å². The Labute approximate surface area is 191 Å². The van der Waals surface area contributed by atoms with Crippen LogP contribution >= 0.6 is 0 Å². The standard InChI is InChI=1S/C25H38N2O5/c1-24(2,3)32-23(29)26-15-10-20(11-16-26)9-12-25(30)13-17-27(18-14-25)22(28)31-19-21-7-5-4-6-8-21/h4-8,20,30H,9-19H2,1-3H3. The van der Waals surface area contributed by atoms with Gasteiger partial charge in [-0.3, -0.25) is 0 Å². The minimum Gasteiger partial charge on any atom is -0.445 e. The van der Waals surface area contributed by atoms with Crippen molar-refractivity contribution in [2.24, 2.45) is 5.92 Å². The van der Waals surface area contributed by atoms with Crippen molar-refractivity contribution in [3.63, 3.8) is 0 Å². The van der Waals surface area contributed by atoms with Crippen LogP contribution in [0.2, 0.25) is 0 Å². The first-order chi connectivity index (χ1) is 15.1. The van der Waals surface area contributed by atoms with Crippen LogP contribution in [0, 0.1) is 5.92 Å². The molecule has 0 aromatic heterocycles. The van der Waals surface area contributed by atoms with Gasteiger partial charge in [0.1, 0.15) is 12.2 Å². The van der Waals surface area contributed by atoms with Crippen molar-refractivity contribution >= 4 is 12.2 Å². The van der Waals surface area contributed by atoms with Crippen LogP contribution < -0.4 is 0 Å². The van der Waals surface area contributed by atoms with Crippen LogP contribution in [0.15, 0.2) is 30.3 Å². The molecule has 1 aromatic carbocycles. The first-order valence-electron chi connectivity index (χ1n) is 11.8. The molecule has 0 atom stereocenters. The second-order valence-electron chi connectivity index (χ2n) is 10.2. The number of nitrogens with zero attached hydrogens (tertiary/aromatic N) is 2. The molecule has 1 N–H and O–H groups in total. The zero-order chi connectivity index (χ0) is 23.2. The smallest absolute Gasteiger partial charge is 0.410 e. The summed E-state index contributed by atoms with van der Waals surface area (Å²) in [7, 11) is 0. The molecule has 7 heteroatoms. The molecule has 0 saturated carbocycles. The predicted molar refractivity (Wildman–Crippen MR) is 122 cm³/mol. The topological polar surface area (TPSA) is 79.3 Å². The predicted octanol–water partition coefficient (Wildman–Crippen LogP) is 4.58. The van der Waals surface area contributed by atoms with Gasteiger partial charge in [-0.05, 0) is 70.8 Å². The van der Waals surface area contributed by atoms with E-state index in [4.69, 9.17) is 9.47 Å². The molecular weight excluding hydrogens is 408 g/mol. The van der Waals surface area contributed by atoms with E-state index in [2.05, 4.69) is 0 Å². The van der Waals surface area contributed by atoms with E-state index in [-0.39, 0.29) is 18.8 Å². The second-order valence-corrected chi connectivity index (χ2v) is 10.2. The normalized spacial score (nSPS) is 19.5. The highest BCUT2D eigenvalue weighted by Crippen LogP contribution is 2.32. The number of ether oxygens (including phenoxy) is 2. The summed E-state index contributed by atoms with van der Waals surface area (Å²) in [5.41, 5.74) is -0.231. The molecule has 7 nitrogen and oxygen atoms in total. The molecular formula is C25H38N2O5. The third kappa shape index (κ3) is 7.40. The van der Waals surface area contributed by atoms with Gasteiger partial charge < -0.3 is 24.4 Å². The average Bonchev–Trinajstić information content (AvgIpc) is 2.76. The number of hydrogen-bond acceptors (Lipinski definition) is 5. The molecule has 2 fully saturated rings. The number of carbonyl (C=O) groups excluding carboxylic acids is 2. The molecule has 3 rings (SSSR count). The summed E-state index contributed by atoms with van der Waals surface area (Å²) in [4.78, 5) is 28.0. The number of benzene rings is 1. The van der Waals surface area contributed by atoms with Crippen LogP contribution in [0.1, 0.15) is 64.9 Å². The highest BCUT2D eigenvalue weighted by atomic mass is 16.6. The molecule has 0 spiro atoms. The van der Waals surface area contributed by atoms with Crippen LogP contribution in [0.4, 0.5) is 9.59 Å². The maximum atomic E-state index is 12.3. The molecule has 2 saturated heterocycles. The van der Waals surface area contributed by atoms with Crippen LogP contribution in [-0.4, -0.2) is 64.5 Å². The summed E-state index contributed by atoms with van der Waals surface area (Å²) in [5.74, 6) is 0.506. The molecule has 2 aliphatic rings. The van der Waals surface area contributed by atoms with E-state index in [1.807, 2.05) is 51.1 Å². The molecule has 1 aromatic rings. The van der Waals surface area contributed by atoms with Crippen molar-refractivity contribution < 1.29 is 24.2 Å². The van der Waals surface area contributed by atoms with Gasteiger partial charge in [0.25, 0.3) is 0 Å². The highest BCUT2D eigenvalue weighted by Gasteiger charge is 2.35. The number of likely N-dealkylation sites (tertiary alicyclic amines) is 2. The molecule has 0 radical (unpaired) electrons. The minimum absolute atomic E-state index is 0.235. The Balaban J connectivity index is 1.34. The van der Waals surface area contributed by atoms with Gasteiger partial charge in [-0.15, -0.1) is 0 Å². The van der Waals surface area contributed by atoms with Gasteiger partial charge in [0, 0.05) is 26.2 Å². The number of amides is 2. The lowest BCUT2D eigenvalue weighted by Gasteiger charge is -2.39. The van der Waals surface area contributed by atoms with Crippen molar-refractivity contribution in [1.29, 1.82) is 0 Å². The van der Waals surface area contributed by atoms with E-state index in [1.54, 1.807) is 9.80 Å². The van der Waals surface area contributed by atoms with E-state index in [0.717, 1.165) is 31.2 Å². The summed E-state index contributed by atoms with van der Waals surface area (Å²) in [6.07, 6.45) is 4.15. The maximum absolute atomic E-state index is 12.3. The van der Waals surface area contributed by atoms with Crippen molar-refractivity contribution in [2.45, 2.75) is 77.1 Å². The summed E-state index contributed by atoms with van der Waals surface area (Å²) in [6.45, 7) is 8.36. The Kier molecular flexibility index (Phi) is 8.04. The second kappa shape index (κ2) is 10.6. The van der Waals surface area contributed by atoms with Gasteiger partial charge in [0.15, 0.2) is 0 Å². The van der Waals surface area contributed by atoms with E-state index in [1.165, 1.54) is 0 Å². The zero-order valence-electron chi connectivity index (χ0n) is 19.7. The van der Waals surface area contributed by atoms with Crippen molar-refractivity contribution in [1.82, 2.24) is 9.80 Å². The largest absolute Gasteiger partial charge is 0.445 e. The van der Waals surface area contributed by atoms with E-state index in [0.29, 0.717) is 44.9 Å². The Hall–Kier alpha value is -2.28. The fourth-order valence-electron chi connectivity index (χ4n) is 4.37. The molecule has 0 aliphatic carbocycles. The summed E-state index contributed by atoms with van der Waals surface area (Å²) >= 11 is 0. The molecule has 2 aliphatic heterocycles. The summed E-state index contributed by atoms with van der Waals surface area (Å²) < 4.78 is 10.9. The van der Waals surface area contributed by atoms with Gasteiger partial charge in [-0.1, -0.05) is 30.3 Å². The Morgan fingerprint density at radius 2 is 1.59 bits per heavy atom. The van der Waals surface area contributed by atoms with Crippen molar-refractivity contribution in [3.05, 3.63) is 35.9 Å². The van der Waals surface area contributed by atoms with Crippen LogP contribution in [0.3, 0.4) is 0 Å². The van der Waals surface area contributed by atoms with Crippen molar-refractivity contribution in [2.75, 3.05) is 26.2 Å². The fourth-order valence-corrected chi connectivity index (χ4v) is 4.37. The lowest BCUT2D eigenvalue weighted by Crippen LogP contribution is -2.47. The monoisotopic (exact) mass is 446 g/mol. The van der Waals surface area contributed by atoms with E-state index < -0.39 is 11.2 Å². The molecule has 32 heavy (non-hydrogen) atoms. The SMILES string of the molecule is CC(C)(C)OC(=O)N1CCC(CCC2(O)CCN(C(=O)OCc3ccccc3)CC2)CC1. The fraction of sp³-hybridized carbons (Fsp3) is 0.680. The first-order valence-corrected chi connectivity index (χ1v) is 11.8. The first kappa shape index (κ1) is 24.4. The number of carbonyl (C=O) groups is 2. The zero-order valence-corrected chi connectivity index (χ0v) is 19.7. The number of piperidine rings is 2. The lowest BCUT2D eigenvalue weighted by molar-refractivity contribution is -0.0331.